The van der Waals surface area contributed by atoms with Crippen LogP contribution in [-0.4, -0.2) is 28.3 Å². The topological polar surface area (TPSA) is 74.0 Å². The third-order valence-corrected chi connectivity index (χ3v) is 8.53. The number of thiophene rings is 1. The number of fused-ring (bicyclic) bond motifs is 1. The van der Waals surface area contributed by atoms with E-state index in [9.17, 15) is 30.8 Å². The first kappa shape index (κ1) is 24.1. The molecule has 0 bridgehead atoms. The van der Waals surface area contributed by atoms with Gasteiger partial charge in [0.1, 0.15) is 17.0 Å². The Morgan fingerprint density at radius 1 is 1.12 bits per heavy atom. The van der Waals surface area contributed by atoms with Gasteiger partial charge >= 0.3 is 6.18 Å². The maximum atomic E-state index is 13.8. The van der Waals surface area contributed by atoms with Crippen LogP contribution >= 0.6 is 11.3 Å². The minimum Gasteiger partial charge on any atom is -0.322 e. The van der Waals surface area contributed by atoms with Gasteiger partial charge in [-0.2, -0.15) is 13.2 Å². The van der Waals surface area contributed by atoms with Gasteiger partial charge in [-0.25, -0.2) is 17.8 Å². The Balaban J connectivity index is 2.05. The first-order valence-electron chi connectivity index (χ1n) is 10.2. The van der Waals surface area contributed by atoms with Gasteiger partial charge in [0.2, 0.25) is 0 Å². The predicted octanol–water partition coefficient (Wildman–Crippen LogP) is 5.10. The molecule has 180 valence electrons. The number of benzene rings is 1. The lowest BCUT2D eigenvalue weighted by atomic mass is 10.2. The molecule has 0 amide bonds. The van der Waals surface area contributed by atoms with Crippen molar-refractivity contribution in [3.8, 4) is 21.1 Å². The summed E-state index contributed by atoms with van der Waals surface area (Å²) in [5, 5.41) is 0. The lowest BCUT2D eigenvalue weighted by Gasteiger charge is -2.13. The molecule has 0 saturated carbocycles. The molecule has 0 radical (unpaired) electrons. The van der Waals surface area contributed by atoms with Crippen molar-refractivity contribution in [2.45, 2.75) is 31.5 Å². The van der Waals surface area contributed by atoms with Crippen molar-refractivity contribution in [2.24, 2.45) is 7.05 Å². The molecule has 12 heteroatoms. The number of halogens is 4. The van der Waals surface area contributed by atoms with Crippen LogP contribution in [0.3, 0.4) is 0 Å². The van der Waals surface area contributed by atoms with Crippen LogP contribution < -0.4 is 5.56 Å². The molecule has 0 fully saturated rings. The zero-order valence-corrected chi connectivity index (χ0v) is 19.9. The highest BCUT2D eigenvalue weighted by atomic mass is 32.2. The van der Waals surface area contributed by atoms with Gasteiger partial charge in [0, 0.05) is 18.5 Å². The minimum absolute atomic E-state index is 0.0359. The molecule has 4 rings (SSSR count). The number of nitrogens with zero attached hydrogens (tertiary/aromatic N) is 3. The second-order valence-electron chi connectivity index (χ2n) is 7.52. The summed E-state index contributed by atoms with van der Waals surface area (Å²) < 4.78 is 82.1. The van der Waals surface area contributed by atoms with Crippen LogP contribution in [0.5, 0.6) is 0 Å². The Hall–Kier alpha value is -2.99. The van der Waals surface area contributed by atoms with Crippen LogP contribution in [0.4, 0.5) is 17.6 Å². The number of sulfone groups is 1. The van der Waals surface area contributed by atoms with E-state index >= 15 is 0 Å². The summed E-state index contributed by atoms with van der Waals surface area (Å²) >= 11 is 1.01. The average molecular weight is 514 g/mol. The van der Waals surface area contributed by atoms with Crippen LogP contribution in [0.25, 0.3) is 32.2 Å². The summed E-state index contributed by atoms with van der Waals surface area (Å²) in [4.78, 5) is 17.7. The van der Waals surface area contributed by atoms with Crippen LogP contribution in [0.15, 0.2) is 46.1 Å². The zero-order valence-electron chi connectivity index (χ0n) is 18.3. The zero-order chi connectivity index (χ0) is 25.0. The number of hydrogen-bond acceptors (Lipinski definition) is 5. The van der Waals surface area contributed by atoms with Gasteiger partial charge in [-0.1, -0.05) is 19.1 Å². The van der Waals surface area contributed by atoms with E-state index in [2.05, 4.69) is 4.98 Å². The van der Waals surface area contributed by atoms with E-state index in [-0.39, 0.29) is 38.9 Å². The molecule has 3 heterocycles. The van der Waals surface area contributed by atoms with Gasteiger partial charge in [-0.05, 0) is 36.8 Å². The van der Waals surface area contributed by atoms with Crippen molar-refractivity contribution in [1.29, 1.82) is 0 Å². The largest absolute Gasteiger partial charge is 0.431 e. The molecule has 1 aromatic carbocycles. The first-order chi connectivity index (χ1) is 15.9. The third kappa shape index (κ3) is 3.94. The van der Waals surface area contributed by atoms with Crippen molar-refractivity contribution in [3.05, 3.63) is 58.3 Å². The van der Waals surface area contributed by atoms with Crippen LogP contribution in [-0.2, 0) is 29.6 Å². The predicted molar refractivity (Wildman–Crippen MR) is 122 cm³/mol. The standard InChI is InChI=1S/C22H19F4N3O3S2/c1-4-29-17(22(24,25)26)10-14-18(21(29)30)28(3)20(27-14)19-16(34(31,32)5-2)11-15(33-19)12-7-6-8-13(23)9-12/h6-11H,4-5H2,1-3H3. The molecule has 0 aliphatic heterocycles. The summed E-state index contributed by atoms with van der Waals surface area (Å²) in [6.07, 6.45) is -4.77. The van der Waals surface area contributed by atoms with Crippen LogP contribution in [0.1, 0.15) is 19.5 Å². The van der Waals surface area contributed by atoms with Crippen molar-refractivity contribution in [3.63, 3.8) is 0 Å². The maximum Gasteiger partial charge on any atom is 0.431 e. The Kier molecular flexibility index (Phi) is 5.93. The fourth-order valence-electron chi connectivity index (χ4n) is 3.77. The molecular weight excluding hydrogens is 494 g/mol. The molecule has 0 N–H and O–H groups in total. The van der Waals surface area contributed by atoms with Crippen molar-refractivity contribution in [1.82, 2.24) is 14.1 Å². The Morgan fingerprint density at radius 3 is 2.41 bits per heavy atom. The van der Waals surface area contributed by atoms with E-state index in [1.165, 1.54) is 49.7 Å². The molecule has 0 saturated heterocycles. The molecule has 0 atom stereocenters. The summed E-state index contributed by atoms with van der Waals surface area (Å²) in [5.74, 6) is -0.701. The molecule has 0 spiro atoms. The quantitative estimate of drug-likeness (QED) is 0.348. The van der Waals surface area contributed by atoms with Crippen molar-refractivity contribution < 1.29 is 26.0 Å². The smallest absolute Gasteiger partial charge is 0.322 e. The van der Waals surface area contributed by atoms with E-state index in [0.717, 1.165) is 17.4 Å². The number of imidazole rings is 1. The van der Waals surface area contributed by atoms with E-state index in [1.807, 2.05) is 0 Å². The Bertz CT molecular complexity index is 1580. The van der Waals surface area contributed by atoms with E-state index in [1.54, 1.807) is 6.07 Å². The normalized spacial score (nSPS) is 12.6. The molecule has 3 aromatic heterocycles. The average Bonchev–Trinajstić information content (AvgIpc) is 3.35. The molecule has 0 aliphatic rings. The molecule has 0 unspecified atom stereocenters. The lowest BCUT2D eigenvalue weighted by molar-refractivity contribution is -0.144. The second kappa shape index (κ2) is 8.35. The number of aryl methyl sites for hydroxylation is 1. The van der Waals surface area contributed by atoms with Gasteiger partial charge in [0.25, 0.3) is 5.56 Å². The van der Waals surface area contributed by atoms with E-state index in [4.69, 9.17) is 0 Å². The van der Waals surface area contributed by atoms with Crippen molar-refractivity contribution in [2.75, 3.05) is 5.75 Å². The fourth-order valence-corrected chi connectivity index (χ4v) is 6.41. The van der Waals surface area contributed by atoms with Crippen LogP contribution in [0.2, 0.25) is 0 Å². The van der Waals surface area contributed by atoms with Crippen molar-refractivity contribution >= 4 is 32.2 Å². The Labute approximate surface area is 196 Å². The number of rotatable bonds is 5. The molecule has 4 aromatic rings. The highest BCUT2D eigenvalue weighted by molar-refractivity contribution is 7.91. The third-order valence-electron chi connectivity index (χ3n) is 5.47. The summed E-state index contributed by atoms with van der Waals surface area (Å²) in [7, 11) is -2.34. The fraction of sp³-hybridized carbons (Fsp3) is 0.273. The number of alkyl halides is 3. The van der Waals surface area contributed by atoms with Gasteiger partial charge < -0.3 is 9.13 Å². The molecule has 34 heavy (non-hydrogen) atoms. The van der Waals surface area contributed by atoms with Gasteiger partial charge in [0.15, 0.2) is 15.7 Å². The number of pyridine rings is 1. The summed E-state index contributed by atoms with van der Waals surface area (Å²) in [5.41, 5.74) is -1.85. The Morgan fingerprint density at radius 2 is 1.82 bits per heavy atom. The van der Waals surface area contributed by atoms with Gasteiger partial charge in [-0.15, -0.1) is 11.3 Å². The van der Waals surface area contributed by atoms with Gasteiger partial charge in [0.05, 0.1) is 21.0 Å². The first-order valence-corrected chi connectivity index (χ1v) is 12.7. The van der Waals surface area contributed by atoms with Crippen LogP contribution in [0, 0.1) is 5.82 Å². The molecular formula is C22H19F4N3O3S2. The highest BCUT2D eigenvalue weighted by Gasteiger charge is 2.36. The SMILES string of the molecule is CCn1c(C(F)(F)F)cc2nc(-c3sc(-c4cccc(F)c4)cc3S(=O)(=O)CC)n(C)c2c1=O. The number of hydrogen-bond donors (Lipinski definition) is 0. The minimum atomic E-state index is -4.77. The monoisotopic (exact) mass is 513 g/mol. The van der Waals surface area contributed by atoms with E-state index in [0.29, 0.717) is 15.0 Å². The molecule has 0 aliphatic carbocycles. The summed E-state index contributed by atoms with van der Waals surface area (Å²) in [6.45, 7) is 2.68. The van der Waals surface area contributed by atoms with E-state index < -0.39 is 33.1 Å². The summed E-state index contributed by atoms with van der Waals surface area (Å²) in [6, 6.07) is 7.80. The highest BCUT2D eigenvalue weighted by Crippen LogP contribution is 2.41. The number of aromatic nitrogens is 3. The lowest BCUT2D eigenvalue weighted by Crippen LogP contribution is -2.28. The molecule has 6 nitrogen and oxygen atoms in total. The second-order valence-corrected chi connectivity index (χ2v) is 10.8. The maximum absolute atomic E-state index is 13.8. The van der Waals surface area contributed by atoms with Gasteiger partial charge in [-0.3, -0.25) is 4.79 Å².